The first kappa shape index (κ1) is 13.8. The van der Waals surface area contributed by atoms with Gasteiger partial charge in [0, 0.05) is 12.4 Å². The molecule has 0 aliphatic heterocycles. The molecule has 4 nitrogen and oxygen atoms in total. The molecular weight excluding hydrogens is 285 g/mol. The molecule has 0 atom stereocenters. The molecule has 2 rings (SSSR count). The first-order valence-electron chi connectivity index (χ1n) is 5.58. The number of nitrogens with zero attached hydrogens (tertiary/aromatic N) is 2. The lowest BCUT2D eigenvalue weighted by Crippen LogP contribution is -2.16. The molecule has 0 radical (unpaired) electrons. The summed E-state index contributed by atoms with van der Waals surface area (Å²) in [6.07, 6.45) is 3.30. The molecule has 0 spiro atoms. The van der Waals surface area contributed by atoms with Gasteiger partial charge in [0.05, 0.1) is 12.1 Å². The van der Waals surface area contributed by atoms with E-state index >= 15 is 0 Å². The summed E-state index contributed by atoms with van der Waals surface area (Å²) >= 11 is 11.8. The zero-order valence-corrected chi connectivity index (χ0v) is 11.7. The van der Waals surface area contributed by atoms with E-state index in [9.17, 15) is 4.79 Å². The Morgan fingerprint density at radius 3 is 2.63 bits per heavy atom. The van der Waals surface area contributed by atoms with Crippen LogP contribution in [0.1, 0.15) is 11.1 Å². The third kappa shape index (κ3) is 3.43. The van der Waals surface area contributed by atoms with E-state index < -0.39 is 0 Å². The standard InChI is InChI=1S/C13H11Cl2N3O/c1-8-4-6-17-13(15)11(8)18-10(19)7-9-3-2-5-16-12(9)14/h2-6H,7H2,1H3,(H,18,19). The van der Waals surface area contributed by atoms with Gasteiger partial charge in [-0.2, -0.15) is 0 Å². The van der Waals surface area contributed by atoms with Crippen molar-refractivity contribution < 1.29 is 4.79 Å². The van der Waals surface area contributed by atoms with E-state index in [1.54, 1.807) is 30.6 Å². The zero-order chi connectivity index (χ0) is 13.8. The predicted molar refractivity (Wildman–Crippen MR) is 75.6 cm³/mol. The molecule has 1 amide bonds. The van der Waals surface area contributed by atoms with Crippen molar-refractivity contribution in [3.05, 3.63) is 52.0 Å². The highest BCUT2D eigenvalue weighted by Gasteiger charge is 2.11. The molecule has 0 fully saturated rings. The maximum Gasteiger partial charge on any atom is 0.229 e. The fraction of sp³-hybridized carbons (Fsp3) is 0.154. The number of halogens is 2. The molecule has 0 saturated heterocycles. The van der Waals surface area contributed by atoms with Crippen LogP contribution in [0.25, 0.3) is 0 Å². The second-order valence-electron chi connectivity index (χ2n) is 3.97. The first-order chi connectivity index (χ1) is 9.08. The van der Waals surface area contributed by atoms with Gasteiger partial charge in [0.2, 0.25) is 5.91 Å². The molecule has 2 aromatic rings. The van der Waals surface area contributed by atoms with Crippen LogP contribution in [-0.2, 0) is 11.2 Å². The Labute approximate surface area is 120 Å². The molecule has 0 bridgehead atoms. The Kier molecular flexibility index (Phi) is 4.35. The molecule has 2 aromatic heterocycles. The number of nitrogens with one attached hydrogen (secondary N) is 1. The first-order valence-corrected chi connectivity index (χ1v) is 6.34. The van der Waals surface area contributed by atoms with Crippen LogP contribution in [0.5, 0.6) is 0 Å². The Morgan fingerprint density at radius 1 is 1.21 bits per heavy atom. The van der Waals surface area contributed by atoms with Gasteiger partial charge in [0.1, 0.15) is 5.15 Å². The lowest BCUT2D eigenvalue weighted by molar-refractivity contribution is -0.115. The lowest BCUT2D eigenvalue weighted by atomic mass is 10.2. The summed E-state index contributed by atoms with van der Waals surface area (Å²) in [5.41, 5.74) is 2.04. The second-order valence-corrected chi connectivity index (χ2v) is 4.69. The van der Waals surface area contributed by atoms with Crippen LogP contribution < -0.4 is 5.32 Å². The third-order valence-corrected chi connectivity index (χ3v) is 3.19. The number of hydrogen-bond acceptors (Lipinski definition) is 3. The van der Waals surface area contributed by atoms with E-state index in [1.807, 2.05) is 6.92 Å². The van der Waals surface area contributed by atoms with Gasteiger partial charge in [-0.15, -0.1) is 0 Å². The van der Waals surface area contributed by atoms with Crippen LogP contribution in [0, 0.1) is 6.92 Å². The summed E-state index contributed by atoms with van der Waals surface area (Å²) in [7, 11) is 0. The fourth-order valence-electron chi connectivity index (χ4n) is 1.58. The number of anilines is 1. The summed E-state index contributed by atoms with van der Waals surface area (Å²) in [5.74, 6) is -0.215. The monoisotopic (exact) mass is 295 g/mol. The highest BCUT2D eigenvalue weighted by molar-refractivity contribution is 6.32. The number of aromatic nitrogens is 2. The van der Waals surface area contributed by atoms with Crippen LogP contribution in [0.15, 0.2) is 30.6 Å². The summed E-state index contributed by atoms with van der Waals surface area (Å²) in [6, 6.07) is 5.27. The smallest absolute Gasteiger partial charge is 0.229 e. The molecular formula is C13H11Cl2N3O. The molecule has 19 heavy (non-hydrogen) atoms. The number of aryl methyl sites for hydroxylation is 1. The zero-order valence-electron chi connectivity index (χ0n) is 10.2. The molecule has 1 N–H and O–H groups in total. The average Bonchev–Trinajstić information content (AvgIpc) is 2.37. The van der Waals surface area contributed by atoms with E-state index in [0.717, 1.165) is 5.56 Å². The summed E-state index contributed by atoms with van der Waals surface area (Å²) < 4.78 is 0. The van der Waals surface area contributed by atoms with Crippen molar-refractivity contribution in [2.45, 2.75) is 13.3 Å². The normalized spacial score (nSPS) is 10.3. The number of amides is 1. The summed E-state index contributed by atoms with van der Waals surface area (Å²) in [5, 5.41) is 3.33. The third-order valence-electron chi connectivity index (χ3n) is 2.56. The van der Waals surface area contributed by atoms with Crippen LogP contribution in [-0.4, -0.2) is 15.9 Å². The number of rotatable bonds is 3. The van der Waals surface area contributed by atoms with Gasteiger partial charge in [0.25, 0.3) is 0 Å². The maximum absolute atomic E-state index is 12.0. The quantitative estimate of drug-likeness (QED) is 0.884. The van der Waals surface area contributed by atoms with Gasteiger partial charge in [0.15, 0.2) is 5.15 Å². The molecule has 98 valence electrons. The van der Waals surface area contributed by atoms with E-state index in [2.05, 4.69) is 15.3 Å². The van der Waals surface area contributed by atoms with Crippen LogP contribution in [0.2, 0.25) is 10.3 Å². The Bertz CT molecular complexity index is 596. The van der Waals surface area contributed by atoms with Gasteiger partial charge < -0.3 is 5.32 Å². The van der Waals surface area contributed by atoms with Gasteiger partial charge in [-0.3, -0.25) is 4.79 Å². The minimum absolute atomic E-state index is 0.136. The number of carbonyl (C=O) groups is 1. The van der Waals surface area contributed by atoms with Crippen LogP contribution >= 0.6 is 23.2 Å². The predicted octanol–water partition coefficient (Wildman–Crippen LogP) is 3.27. The van der Waals surface area contributed by atoms with Crippen LogP contribution in [0.3, 0.4) is 0 Å². The molecule has 2 heterocycles. The molecule has 0 unspecified atom stereocenters. The van der Waals surface area contributed by atoms with Crippen molar-refractivity contribution in [1.29, 1.82) is 0 Å². The molecule has 6 heteroatoms. The van der Waals surface area contributed by atoms with Crippen molar-refractivity contribution in [3.63, 3.8) is 0 Å². The summed E-state index contributed by atoms with van der Waals surface area (Å²) in [6.45, 7) is 1.85. The topological polar surface area (TPSA) is 54.9 Å². The SMILES string of the molecule is Cc1ccnc(Cl)c1NC(=O)Cc1cccnc1Cl. The molecule has 0 aliphatic carbocycles. The minimum Gasteiger partial charge on any atom is -0.323 e. The highest BCUT2D eigenvalue weighted by Crippen LogP contribution is 2.23. The van der Waals surface area contributed by atoms with E-state index in [4.69, 9.17) is 23.2 Å². The van der Waals surface area contributed by atoms with Crippen molar-refractivity contribution in [2.24, 2.45) is 0 Å². The molecule has 0 saturated carbocycles. The van der Waals surface area contributed by atoms with E-state index in [1.165, 1.54) is 0 Å². The van der Waals surface area contributed by atoms with Crippen molar-refractivity contribution >= 4 is 34.8 Å². The van der Waals surface area contributed by atoms with Crippen molar-refractivity contribution in [1.82, 2.24) is 9.97 Å². The Hall–Kier alpha value is -1.65. The average molecular weight is 296 g/mol. The Balaban J connectivity index is 2.12. The maximum atomic E-state index is 12.0. The van der Waals surface area contributed by atoms with Crippen LogP contribution in [0.4, 0.5) is 5.69 Å². The van der Waals surface area contributed by atoms with Gasteiger partial charge in [-0.25, -0.2) is 9.97 Å². The van der Waals surface area contributed by atoms with Gasteiger partial charge >= 0.3 is 0 Å². The molecule has 0 aliphatic rings. The van der Waals surface area contributed by atoms with E-state index in [-0.39, 0.29) is 17.5 Å². The fourth-order valence-corrected chi connectivity index (χ4v) is 2.02. The second kappa shape index (κ2) is 5.99. The Morgan fingerprint density at radius 2 is 1.95 bits per heavy atom. The van der Waals surface area contributed by atoms with Crippen molar-refractivity contribution in [3.8, 4) is 0 Å². The van der Waals surface area contributed by atoms with E-state index in [0.29, 0.717) is 16.4 Å². The highest BCUT2D eigenvalue weighted by atomic mass is 35.5. The number of carbonyl (C=O) groups excluding carboxylic acids is 1. The van der Waals surface area contributed by atoms with Crippen molar-refractivity contribution in [2.75, 3.05) is 5.32 Å². The van der Waals surface area contributed by atoms with Gasteiger partial charge in [-0.1, -0.05) is 29.3 Å². The number of hydrogen-bond donors (Lipinski definition) is 1. The minimum atomic E-state index is -0.215. The van der Waals surface area contributed by atoms with Gasteiger partial charge in [-0.05, 0) is 30.2 Å². The summed E-state index contributed by atoms with van der Waals surface area (Å²) in [4.78, 5) is 19.8. The largest absolute Gasteiger partial charge is 0.323 e. The molecule has 0 aromatic carbocycles. The number of pyridine rings is 2. The lowest BCUT2D eigenvalue weighted by Gasteiger charge is -2.09.